The van der Waals surface area contributed by atoms with E-state index >= 15 is 0 Å². The van der Waals surface area contributed by atoms with Crippen LogP contribution in [0.15, 0.2) is 18.2 Å². The second-order valence-corrected chi connectivity index (χ2v) is 6.38. The molecule has 2 N–H and O–H groups in total. The number of nitrogens with one attached hydrogen (secondary N) is 2. The van der Waals surface area contributed by atoms with Crippen molar-refractivity contribution in [1.29, 1.82) is 0 Å². The minimum Gasteiger partial charge on any atom is -0.355 e. The first-order chi connectivity index (χ1) is 10.5. The van der Waals surface area contributed by atoms with Crippen molar-refractivity contribution in [3.63, 3.8) is 0 Å². The Labute approximate surface area is 140 Å². The standard InChI is InChI=1S/C16H20Cl2N2O2/c1-2-3-14(10-4-6-12(17)13(18)8-10)20-16(22)11-5-7-15(21)19-9-11/h4,6,8,11,14H,2-3,5,7,9H2,1H3,(H,19,21)(H,20,22). The molecule has 0 aromatic heterocycles. The molecule has 2 atom stereocenters. The number of carbonyl (C=O) groups excluding carboxylic acids is 2. The first kappa shape index (κ1) is 17.1. The van der Waals surface area contributed by atoms with Gasteiger partial charge >= 0.3 is 0 Å². The van der Waals surface area contributed by atoms with Crippen LogP contribution < -0.4 is 10.6 Å². The van der Waals surface area contributed by atoms with E-state index in [9.17, 15) is 9.59 Å². The molecular weight excluding hydrogens is 323 g/mol. The van der Waals surface area contributed by atoms with Crippen LogP contribution in [0, 0.1) is 5.92 Å². The third-order valence-corrected chi connectivity index (χ3v) is 4.62. The summed E-state index contributed by atoms with van der Waals surface area (Å²) in [6, 6.07) is 5.34. The van der Waals surface area contributed by atoms with Gasteiger partial charge in [-0.2, -0.15) is 0 Å². The molecule has 0 aliphatic carbocycles. The van der Waals surface area contributed by atoms with Crippen molar-refractivity contribution in [1.82, 2.24) is 10.6 Å². The molecule has 120 valence electrons. The van der Waals surface area contributed by atoms with Crippen LogP contribution in [-0.4, -0.2) is 18.4 Å². The molecule has 0 saturated carbocycles. The van der Waals surface area contributed by atoms with Gasteiger partial charge in [-0.3, -0.25) is 9.59 Å². The second kappa shape index (κ2) is 7.84. The number of carbonyl (C=O) groups is 2. The average molecular weight is 343 g/mol. The monoisotopic (exact) mass is 342 g/mol. The molecule has 2 unspecified atom stereocenters. The molecular formula is C16H20Cl2N2O2. The molecule has 4 nitrogen and oxygen atoms in total. The number of benzene rings is 1. The van der Waals surface area contributed by atoms with E-state index in [0.29, 0.717) is 29.4 Å². The summed E-state index contributed by atoms with van der Waals surface area (Å²) in [6.45, 7) is 2.47. The molecule has 0 spiro atoms. The predicted molar refractivity (Wildman–Crippen MR) is 88.0 cm³/mol. The van der Waals surface area contributed by atoms with Crippen molar-refractivity contribution in [2.75, 3.05) is 6.54 Å². The first-order valence-corrected chi connectivity index (χ1v) is 8.29. The van der Waals surface area contributed by atoms with Gasteiger partial charge in [0.15, 0.2) is 0 Å². The molecule has 1 aliphatic rings. The zero-order valence-corrected chi connectivity index (χ0v) is 14.0. The van der Waals surface area contributed by atoms with Crippen LogP contribution in [0.3, 0.4) is 0 Å². The largest absolute Gasteiger partial charge is 0.355 e. The molecule has 1 aromatic rings. The fourth-order valence-corrected chi connectivity index (χ4v) is 2.89. The smallest absolute Gasteiger partial charge is 0.225 e. The fraction of sp³-hybridized carbons (Fsp3) is 0.500. The van der Waals surface area contributed by atoms with Crippen LogP contribution in [0.25, 0.3) is 0 Å². The van der Waals surface area contributed by atoms with Gasteiger partial charge < -0.3 is 10.6 Å². The Morgan fingerprint density at radius 1 is 1.41 bits per heavy atom. The van der Waals surface area contributed by atoms with E-state index in [1.54, 1.807) is 12.1 Å². The van der Waals surface area contributed by atoms with Crippen molar-refractivity contribution >= 4 is 35.0 Å². The van der Waals surface area contributed by atoms with Gasteiger partial charge in [0.1, 0.15) is 0 Å². The third-order valence-electron chi connectivity index (χ3n) is 3.88. The fourth-order valence-electron chi connectivity index (χ4n) is 2.59. The van der Waals surface area contributed by atoms with Crippen LogP contribution in [-0.2, 0) is 9.59 Å². The zero-order chi connectivity index (χ0) is 16.1. The summed E-state index contributed by atoms with van der Waals surface area (Å²) in [5.41, 5.74) is 0.949. The minimum absolute atomic E-state index is 0.0126. The van der Waals surface area contributed by atoms with E-state index in [1.807, 2.05) is 6.07 Å². The molecule has 1 heterocycles. The molecule has 2 amide bonds. The normalized spacial score (nSPS) is 19.4. The van der Waals surface area contributed by atoms with Gasteiger partial charge in [-0.05, 0) is 30.5 Å². The Hall–Kier alpha value is -1.26. The lowest BCUT2D eigenvalue weighted by molar-refractivity contribution is -0.129. The Morgan fingerprint density at radius 3 is 2.77 bits per heavy atom. The van der Waals surface area contributed by atoms with Gasteiger partial charge in [0.2, 0.25) is 11.8 Å². The summed E-state index contributed by atoms with van der Waals surface area (Å²) in [5.74, 6) is -0.178. The lowest BCUT2D eigenvalue weighted by Gasteiger charge is -2.25. The zero-order valence-electron chi connectivity index (χ0n) is 12.5. The highest BCUT2D eigenvalue weighted by Crippen LogP contribution is 2.28. The molecule has 6 heteroatoms. The maximum Gasteiger partial charge on any atom is 0.225 e. The molecule has 1 fully saturated rings. The average Bonchev–Trinajstić information content (AvgIpc) is 2.50. The first-order valence-electron chi connectivity index (χ1n) is 7.53. The molecule has 2 rings (SSSR count). The third kappa shape index (κ3) is 4.37. The van der Waals surface area contributed by atoms with Gasteiger partial charge in [0, 0.05) is 13.0 Å². The van der Waals surface area contributed by atoms with Gasteiger partial charge in [0.25, 0.3) is 0 Å². The lowest BCUT2D eigenvalue weighted by Crippen LogP contribution is -2.43. The molecule has 22 heavy (non-hydrogen) atoms. The van der Waals surface area contributed by atoms with Gasteiger partial charge in [-0.15, -0.1) is 0 Å². The summed E-state index contributed by atoms with van der Waals surface area (Å²) in [4.78, 5) is 23.6. The highest BCUT2D eigenvalue weighted by Gasteiger charge is 2.26. The van der Waals surface area contributed by atoms with Crippen molar-refractivity contribution in [3.05, 3.63) is 33.8 Å². The van der Waals surface area contributed by atoms with Crippen LogP contribution >= 0.6 is 23.2 Å². The predicted octanol–water partition coefficient (Wildman–Crippen LogP) is 3.48. The van der Waals surface area contributed by atoms with Gasteiger partial charge in [0.05, 0.1) is 22.0 Å². The van der Waals surface area contributed by atoms with E-state index in [-0.39, 0.29) is 23.8 Å². The molecule has 0 bridgehead atoms. The number of rotatable bonds is 5. The maximum atomic E-state index is 12.4. The minimum atomic E-state index is -0.167. The summed E-state index contributed by atoms with van der Waals surface area (Å²) >= 11 is 12.0. The van der Waals surface area contributed by atoms with Crippen LogP contribution in [0.1, 0.15) is 44.2 Å². The van der Waals surface area contributed by atoms with Crippen molar-refractivity contribution in [2.24, 2.45) is 5.92 Å². The number of amides is 2. The highest BCUT2D eigenvalue weighted by atomic mass is 35.5. The molecule has 1 aliphatic heterocycles. The molecule has 1 aromatic carbocycles. The topological polar surface area (TPSA) is 58.2 Å². The summed E-state index contributed by atoms with van der Waals surface area (Å²) in [7, 11) is 0. The van der Waals surface area contributed by atoms with Crippen molar-refractivity contribution < 1.29 is 9.59 Å². The molecule has 1 saturated heterocycles. The van der Waals surface area contributed by atoms with Crippen LogP contribution in [0.5, 0.6) is 0 Å². The van der Waals surface area contributed by atoms with E-state index < -0.39 is 0 Å². The van der Waals surface area contributed by atoms with Gasteiger partial charge in [-0.25, -0.2) is 0 Å². The number of hydrogen-bond acceptors (Lipinski definition) is 2. The van der Waals surface area contributed by atoms with E-state index in [2.05, 4.69) is 17.6 Å². The number of hydrogen-bond donors (Lipinski definition) is 2. The van der Waals surface area contributed by atoms with E-state index in [0.717, 1.165) is 18.4 Å². The van der Waals surface area contributed by atoms with Crippen LogP contribution in [0.4, 0.5) is 0 Å². The Morgan fingerprint density at radius 2 is 2.18 bits per heavy atom. The van der Waals surface area contributed by atoms with Gasteiger partial charge in [-0.1, -0.05) is 42.6 Å². The summed E-state index contributed by atoms with van der Waals surface area (Å²) in [5, 5.41) is 6.80. The van der Waals surface area contributed by atoms with E-state index in [1.165, 1.54) is 0 Å². The quantitative estimate of drug-likeness (QED) is 0.860. The Bertz CT molecular complexity index is 553. The van der Waals surface area contributed by atoms with E-state index in [4.69, 9.17) is 23.2 Å². The number of halogens is 2. The van der Waals surface area contributed by atoms with Crippen molar-refractivity contribution in [2.45, 2.75) is 38.6 Å². The second-order valence-electron chi connectivity index (χ2n) is 5.56. The maximum absolute atomic E-state index is 12.4. The molecule has 0 radical (unpaired) electrons. The lowest BCUT2D eigenvalue weighted by atomic mass is 9.96. The Balaban J connectivity index is 2.06. The summed E-state index contributed by atoms with van der Waals surface area (Å²) in [6.07, 6.45) is 2.76. The highest BCUT2D eigenvalue weighted by molar-refractivity contribution is 6.42. The number of piperidine rings is 1. The summed E-state index contributed by atoms with van der Waals surface area (Å²) < 4.78 is 0. The Kier molecular flexibility index (Phi) is 6.09. The SMILES string of the molecule is CCCC(NC(=O)C1CCC(=O)NC1)c1ccc(Cl)c(Cl)c1. The van der Waals surface area contributed by atoms with Crippen LogP contribution in [0.2, 0.25) is 10.0 Å². The van der Waals surface area contributed by atoms with Crippen molar-refractivity contribution in [3.8, 4) is 0 Å².